The van der Waals surface area contributed by atoms with Crippen molar-refractivity contribution in [2.24, 2.45) is 0 Å². The van der Waals surface area contributed by atoms with Crippen molar-refractivity contribution in [2.45, 2.75) is 424 Å². The number of allylic oxidation sites excluding steroid dienone is 2. The third kappa shape index (κ3) is 68.7. The molecule has 0 aromatic carbocycles. The van der Waals surface area contributed by atoms with Crippen LogP contribution in [0.2, 0.25) is 0 Å². The molecule has 2 N–H and O–H groups in total. The van der Waals surface area contributed by atoms with E-state index in [2.05, 4.69) is 31.3 Å². The quantitative estimate of drug-likeness (QED) is 0.0272. The highest BCUT2D eigenvalue weighted by Gasteiger charge is 2.24. The molecule has 84 heavy (non-hydrogen) atoms. The third-order valence-corrected chi connectivity index (χ3v) is 19.0. The van der Waals surface area contributed by atoms with Crippen LogP contribution in [0.25, 0.3) is 0 Å². The maximum atomic E-state index is 13.1. The second-order valence-electron chi connectivity index (χ2n) is 27.7. The van der Waals surface area contributed by atoms with Crippen LogP contribution in [0, 0.1) is 0 Å². The zero-order chi connectivity index (χ0) is 61.2. The minimum Gasteiger partial charge on any atom is -0.756 e. The molecule has 0 fully saturated rings. The molecular weight excluding hydrogens is 1060 g/mol. The minimum atomic E-state index is -4.58. The number of carbonyl (C=O) groups is 1. The molecule has 0 saturated carbocycles. The van der Waals surface area contributed by atoms with Crippen LogP contribution in [-0.2, 0) is 18.4 Å². The number of phosphoric ester groups is 1. The smallest absolute Gasteiger partial charge is 0.268 e. The van der Waals surface area contributed by atoms with Crippen molar-refractivity contribution >= 4 is 13.7 Å². The molecule has 0 spiro atoms. The van der Waals surface area contributed by atoms with Gasteiger partial charge in [0.05, 0.1) is 39.9 Å². The first-order valence-electron chi connectivity index (χ1n) is 38.0. The second-order valence-corrected chi connectivity index (χ2v) is 29.1. The number of aliphatic hydroxyl groups is 1. The monoisotopic (exact) mass is 1210 g/mol. The van der Waals surface area contributed by atoms with E-state index in [9.17, 15) is 19.4 Å². The average molecular weight is 1210 g/mol. The minimum absolute atomic E-state index is 0.0163. The summed E-state index contributed by atoms with van der Waals surface area (Å²) in [5.41, 5.74) is 0. The summed E-state index contributed by atoms with van der Waals surface area (Å²) in [6.07, 6.45) is 86.1. The number of phosphoric acid groups is 1. The molecule has 0 aliphatic heterocycles. The molecule has 8 nitrogen and oxygen atoms in total. The number of hydrogen-bond acceptors (Lipinski definition) is 6. The number of quaternary nitrogens is 1. The SMILES string of the molecule is CCCCCCCCCC/C=C\CCCCCCCCCCCCCCCCCCCCCCCCCCCCCC(=O)NC(COP(=O)([O-])OCC[N+](C)(C)C)C(O)CCCCCCCCCCCCCCCCCCCCCCCCC. The number of nitrogens with one attached hydrogen (secondary N) is 1. The number of carbonyl (C=O) groups excluding carboxylic acids is 1. The van der Waals surface area contributed by atoms with Crippen LogP contribution in [-0.4, -0.2) is 68.5 Å². The molecule has 0 aliphatic carbocycles. The fourth-order valence-corrected chi connectivity index (χ4v) is 12.8. The Kier molecular flexibility index (Phi) is 66.1. The second kappa shape index (κ2) is 66.7. The van der Waals surface area contributed by atoms with E-state index in [1.165, 1.54) is 347 Å². The first-order valence-corrected chi connectivity index (χ1v) is 39.5. The van der Waals surface area contributed by atoms with Gasteiger partial charge < -0.3 is 28.8 Å². The Morgan fingerprint density at radius 2 is 0.655 bits per heavy atom. The Morgan fingerprint density at radius 3 is 0.929 bits per heavy atom. The van der Waals surface area contributed by atoms with E-state index < -0.39 is 20.0 Å². The van der Waals surface area contributed by atoms with Crippen molar-refractivity contribution in [1.82, 2.24) is 5.32 Å². The lowest BCUT2D eigenvalue weighted by molar-refractivity contribution is -0.870. The Hall–Kier alpha value is -0.760. The normalized spacial score (nSPS) is 13.6. The number of unbranched alkanes of at least 4 members (excludes halogenated alkanes) is 57. The van der Waals surface area contributed by atoms with Crippen LogP contribution in [0.4, 0.5) is 0 Å². The van der Waals surface area contributed by atoms with Crippen molar-refractivity contribution in [3.05, 3.63) is 12.2 Å². The number of likely N-dealkylation sites (N-methyl/N-ethyl adjacent to an activating group) is 1. The van der Waals surface area contributed by atoms with Crippen molar-refractivity contribution in [1.29, 1.82) is 0 Å². The molecule has 3 unspecified atom stereocenters. The van der Waals surface area contributed by atoms with Crippen LogP contribution < -0.4 is 10.2 Å². The summed E-state index contributed by atoms with van der Waals surface area (Å²) in [5, 5.41) is 14.1. The zero-order valence-corrected chi connectivity index (χ0v) is 58.5. The van der Waals surface area contributed by atoms with Gasteiger partial charge in [-0.15, -0.1) is 0 Å². The third-order valence-electron chi connectivity index (χ3n) is 18.0. The number of hydrogen-bond donors (Lipinski definition) is 2. The molecule has 0 aliphatic rings. The van der Waals surface area contributed by atoms with Crippen molar-refractivity contribution in [2.75, 3.05) is 40.9 Å². The van der Waals surface area contributed by atoms with Gasteiger partial charge in [-0.25, -0.2) is 0 Å². The Bertz CT molecular complexity index is 1370. The van der Waals surface area contributed by atoms with Crippen molar-refractivity contribution in [3.63, 3.8) is 0 Å². The highest BCUT2D eigenvalue weighted by molar-refractivity contribution is 7.45. The van der Waals surface area contributed by atoms with Gasteiger partial charge in [-0.3, -0.25) is 9.36 Å². The van der Waals surface area contributed by atoms with Gasteiger partial charge in [0, 0.05) is 6.42 Å². The predicted molar refractivity (Wildman–Crippen MR) is 367 cm³/mol. The van der Waals surface area contributed by atoms with Gasteiger partial charge in [-0.2, -0.15) is 0 Å². The van der Waals surface area contributed by atoms with Crippen LogP contribution in [0.5, 0.6) is 0 Å². The largest absolute Gasteiger partial charge is 0.756 e. The fourth-order valence-electron chi connectivity index (χ4n) is 12.1. The summed E-state index contributed by atoms with van der Waals surface area (Å²) in [6.45, 7) is 4.80. The average Bonchev–Trinajstić information content (AvgIpc) is 3.56. The zero-order valence-electron chi connectivity index (χ0n) is 57.7. The standard InChI is InChI=1S/C75H151N2O6P/c1-6-8-10-12-14-16-18-20-22-24-26-28-30-31-32-33-34-35-36-37-38-39-40-41-42-43-44-45-47-49-51-53-55-57-59-61-63-65-67-69-75(79)76-73(72-83-84(80,81)82-71-70-77(3,4)5)74(78)68-66-64-62-60-58-56-54-52-50-48-46-29-27-25-23-21-19-17-15-13-11-9-7-2/h24,26,73-74,78H,6-23,25,27-72H2,1-5H3,(H-,76,79,80,81)/b26-24-. The first-order chi connectivity index (χ1) is 41.0. The van der Waals surface area contributed by atoms with Crippen LogP contribution in [0.1, 0.15) is 412 Å². The first kappa shape index (κ1) is 83.2. The van der Waals surface area contributed by atoms with Crippen molar-refractivity contribution in [3.8, 4) is 0 Å². The lowest BCUT2D eigenvalue weighted by Crippen LogP contribution is -2.46. The van der Waals surface area contributed by atoms with Gasteiger partial charge >= 0.3 is 0 Å². The molecular formula is C75H151N2O6P. The summed E-state index contributed by atoms with van der Waals surface area (Å²) < 4.78 is 23.6. The summed E-state index contributed by atoms with van der Waals surface area (Å²) in [7, 11) is 1.33. The molecule has 0 heterocycles. The van der Waals surface area contributed by atoms with E-state index in [0.717, 1.165) is 38.5 Å². The number of rotatable bonds is 72. The van der Waals surface area contributed by atoms with E-state index in [-0.39, 0.29) is 19.1 Å². The predicted octanol–water partition coefficient (Wildman–Crippen LogP) is 23.8. The Labute approximate surface area is 526 Å². The van der Waals surface area contributed by atoms with E-state index in [1.54, 1.807) is 0 Å². The number of nitrogens with zero attached hydrogens (tertiary/aromatic N) is 1. The lowest BCUT2D eigenvalue weighted by Gasteiger charge is -2.30. The highest BCUT2D eigenvalue weighted by Crippen LogP contribution is 2.38. The van der Waals surface area contributed by atoms with Crippen LogP contribution in [0.3, 0.4) is 0 Å². The molecule has 502 valence electrons. The fraction of sp³-hybridized carbons (Fsp3) is 0.960. The van der Waals surface area contributed by atoms with Crippen LogP contribution in [0.15, 0.2) is 12.2 Å². The molecule has 0 aromatic heterocycles. The topological polar surface area (TPSA) is 108 Å². The summed E-state index contributed by atoms with van der Waals surface area (Å²) in [4.78, 5) is 25.7. The molecule has 0 saturated heterocycles. The van der Waals surface area contributed by atoms with E-state index in [1.807, 2.05) is 21.1 Å². The molecule has 0 aromatic rings. The van der Waals surface area contributed by atoms with Gasteiger partial charge in [0.25, 0.3) is 7.82 Å². The van der Waals surface area contributed by atoms with E-state index in [4.69, 9.17) is 9.05 Å². The summed E-state index contributed by atoms with van der Waals surface area (Å²) in [6, 6.07) is -0.798. The Balaban J connectivity index is 3.88. The molecule has 3 atom stereocenters. The maximum absolute atomic E-state index is 13.1. The molecule has 0 rings (SSSR count). The molecule has 9 heteroatoms. The van der Waals surface area contributed by atoms with Gasteiger partial charge in [0.2, 0.25) is 5.91 Å². The molecule has 0 bridgehead atoms. The summed E-state index contributed by atoms with van der Waals surface area (Å²) in [5.74, 6) is -0.154. The molecule has 0 radical (unpaired) electrons. The van der Waals surface area contributed by atoms with Gasteiger partial charge in [-0.1, -0.05) is 379 Å². The van der Waals surface area contributed by atoms with Gasteiger partial charge in [0.1, 0.15) is 13.2 Å². The Morgan fingerprint density at radius 1 is 0.405 bits per heavy atom. The molecule has 1 amide bonds. The van der Waals surface area contributed by atoms with Gasteiger partial charge in [0.15, 0.2) is 0 Å². The number of aliphatic hydroxyl groups excluding tert-OH is 1. The number of amides is 1. The van der Waals surface area contributed by atoms with E-state index in [0.29, 0.717) is 23.9 Å². The van der Waals surface area contributed by atoms with E-state index >= 15 is 0 Å². The van der Waals surface area contributed by atoms with Crippen molar-refractivity contribution < 1.29 is 32.9 Å². The summed E-state index contributed by atoms with van der Waals surface area (Å²) >= 11 is 0. The highest BCUT2D eigenvalue weighted by atomic mass is 31.2. The maximum Gasteiger partial charge on any atom is 0.268 e. The lowest BCUT2D eigenvalue weighted by atomic mass is 10.0. The van der Waals surface area contributed by atoms with Crippen LogP contribution >= 0.6 is 7.82 Å². The van der Waals surface area contributed by atoms with Gasteiger partial charge in [-0.05, 0) is 38.5 Å².